The highest BCUT2D eigenvalue weighted by Gasteiger charge is 1.93. The fraction of sp³-hybridized carbons (Fsp3) is 0.545. The van der Waals surface area contributed by atoms with Crippen LogP contribution in [0.5, 0.6) is 0 Å². The first-order valence-electron chi connectivity index (χ1n) is 4.34. The van der Waals surface area contributed by atoms with Gasteiger partial charge in [-0.1, -0.05) is 11.1 Å². The van der Waals surface area contributed by atoms with Gasteiger partial charge in [0.1, 0.15) is 0 Å². The molecule has 0 atom stereocenters. The highest BCUT2D eigenvalue weighted by atomic mass is 16.1. The van der Waals surface area contributed by atoms with Gasteiger partial charge in [0.05, 0.1) is 0 Å². The van der Waals surface area contributed by atoms with Crippen molar-refractivity contribution in [1.29, 1.82) is 0 Å². The van der Waals surface area contributed by atoms with Crippen LogP contribution in [0.2, 0.25) is 0 Å². The molecule has 0 unspecified atom stereocenters. The zero-order valence-electron chi connectivity index (χ0n) is 8.31. The fourth-order valence-electron chi connectivity index (χ4n) is 1.09. The molecule has 0 heterocycles. The smallest absolute Gasteiger partial charge is 0.152 e. The number of hydrogen-bond donors (Lipinski definition) is 0. The van der Waals surface area contributed by atoms with Gasteiger partial charge in [0, 0.05) is 0 Å². The SMILES string of the molecule is C=C(C)CCC/C(C)=C/C(C)=O. The van der Waals surface area contributed by atoms with E-state index >= 15 is 0 Å². The van der Waals surface area contributed by atoms with E-state index in [9.17, 15) is 4.79 Å². The van der Waals surface area contributed by atoms with Gasteiger partial charge in [-0.25, -0.2) is 0 Å². The van der Waals surface area contributed by atoms with Crippen LogP contribution >= 0.6 is 0 Å². The minimum Gasteiger partial charge on any atom is -0.295 e. The van der Waals surface area contributed by atoms with Crippen LogP contribution in [-0.4, -0.2) is 5.78 Å². The Kier molecular flexibility index (Phi) is 5.35. The van der Waals surface area contributed by atoms with Crippen molar-refractivity contribution in [3.8, 4) is 0 Å². The van der Waals surface area contributed by atoms with E-state index in [1.165, 1.54) is 11.1 Å². The molecular weight excluding hydrogens is 148 g/mol. The Labute approximate surface area is 75.2 Å². The van der Waals surface area contributed by atoms with Crippen LogP contribution in [0.1, 0.15) is 40.0 Å². The fourth-order valence-corrected chi connectivity index (χ4v) is 1.09. The number of carbonyl (C=O) groups excluding carboxylic acids is 1. The molecule has 0 aromatic rings. The lowest BCUT2D eigenvalue weighted by atomic mass is 10.1. The second-order valence-corrected chi connectivity index (χ2v) is 3.41. The minimum atomic E-state index is 0.142. The topological polar surface area (TPSA) is 17.1 Å². The molecule has 0 saturated heterocycles. The maximum atomic E-state index is 10.7. The van der Waals surface area contributed by atoms with Crippen molar-refractivity contribution < 1.29 is 4.79 Å². The standard InChI is InChI=1S/C11H18O/c1-9(2)6-5-7-10(3)8-11(4)12/h8H,1,5-7H2,2-4H3/b10-8+. The average molecular weight is 166 g/mol. The minimum absolute atomic E-state index is 0.142. The normalized spacial score (nSPS) is 11.4. The molecule has 0 amide bonds. The molecule has 0 aliphatic heterocycles. The monoisotopic (exact) mass is 166 g/mol. The van der Waals surface area contributed by atoms with Crippen LogP contribution in [0, 0.1) is 0 Å². The van der Waals surface area contributed by atoms with Gasteiger partial charge < -0.3 is 0 Å². The average Bonchev–Trinajstić information content (AvgIpc) is 1.84. The summed E-state index contributed by atoms with van der Waals surface area (Å²) < 4.78 is 0. The summed E-state index contributed by atoms with van der Waals surface area (Å²) in [7, 11) is 0. The molecule has 1 nitrogen and oxygen atoms in total. The van der Waals surface area contributed by atoms with E-state index < -0.39 is 0 Å². The van der Waals surface area contributed by atoms with Crippen LogP contribution in [-0.2, 0) is 4.79 Å². The summed E-state index contributed by atoms with van der Waals surface area (Å²) >= 11 is 0. The van der Waals surface area contributed by atoms with Gasteiger partial charge >= 0.3 is 0 Å². The molecule has 68 valence electrons. The van der Waals surface area contributed by atoms with Gasteiger partial charge in [-0.05, 0) is 46.1 Å². The third-order valence-electron chi connectivity index (χ3n) is 1.62. The maximum absolute atomic E-state index is 10.7. The lowest BCUT2D eigenvalue weighted by Crippen LogP contribution is -1.86. The Bertz CT molecular complexity index is 199. The van der Waals surface area contributed by atoms with Gasteiger partial charge in [0.15, 0.2) is 5.78 Å². The second-order valence-electron chi connectivity index (χ2n) is 3.41. The second kappa shape index (κ2) is 5.76. The van der Waals surface area contributed by atoms with E-state index in [1.54, 1.807) is 13.0 Å². The van der Waals surface area contributed by atoms with Crippen molar-refractivity contribution in [1.82, 2.24) is 0 Å². The van der Waals surface area contributed by atoms with Gasteiger partial charge in [-0.15, -0.1) is 6.58 Å². The molecule has 0 rings (SSSR count). The summed E-state index contributed by atoms with van der Waals surface area (Å²) in [5.41, 5.74) is 2.38. The Morgan fingerprint density at radius 3 is 2.25 bits per heavy atom. The molecule has 0 aromatic heterocycles. The zero-order valence-corrected chi connectivity index (χ0v) is 8.31. The highest BCUT2D eigenvalue weighted by molar-refractivity contribution is 5.87. The summed E-state index contributed by atoms with van der Waals surface area (Å²) in [5, 5.41) is 0. The number of carbonyl (C=O) groups is 1. The molecule has 12 heavy (non-hydrogen) atoms. The van der Waals surface area contributed by atoms with E-state index in [4.69, 9.17) is 0 Å². The summed E-state index contributed by atoms with van der Waals surface area (Å²) in [5.74, 6) is 0.142. The molecule has 0 N–H and O–H groups in total. The first kappa shape index (κ1) is 11.2. The van der Waals surface area contributed by atoms with E-state index in [-0.39, 0.29) is 5.78 Å². The van der Waals surface area contributed by atoms with Crippen LogP contribution < -0.4 is 0 Å². The molecule has 0 bridgehead atoms. The molecule has 0 fully saturated rings. The zero-order chi connectivity index (χ0) is 9.56. The number of rotatable bonds is 5. The van der Waals surface area contributed by atoms with Crippen molar-refractivity contribution in [2.24, 2.45) is 0 Å². The van der Waals surface area contributed by atoms with E-state index in [0.29, 0.717) is 0 Å². The molecule has 0 saturated carbocycles. The highest BCUT2D eigenvalue weighted by Crippen LogP contribution is 2.09. The molecule has 1 heteroatoms. The first-order chi connectivity index (χ1) is 5.52. The maximum Gasteiger partial charge on any atom is 0.152 e. The Morgan fingerprint density at radius 2 is 1.83 bits per heavy atom. The summed E-state index contributed by atoms with van der Waals surface area (Å²) in [6.45, 7) is 9.44. The molecular formula is C11H18O. The summed E-state index contributed by atoms with van der Waals surface area (Å²) in [6.07, 6.45) is 4.87. The molecule has 0 aliphatic rings. The number of ketones is 1. The predicted octanol–water partition coefficient (Wildman–Crippen LogP) is 3.27. The molecule has 0 aromatic carbocycles. The number of hydrogen-bond acceptors (Lipinski definition) is 1. The van der Waals surface area contributed by atoms with Crippen molar-refractivity contribution in [2.75, 3.05) is 0 Å². The largest absolute Gasteiger partial charge is 0.295 e. The lowest BCUT2D eigenvalue weighted by Gasteiger charge is -1.99. The van der Waals surface area contributed by atoms with Gasteiger partial charge in [0.25, 0.3) is 0 Å². The van der Waals surface area contributed by atoms with Gasteiger partial charge in [-0.2, -0.15) is 0 Å². The van der Waals surface area contributed by atoms with Crippen LogP contribution in [0.4, 0.5) is 0 Å². The van der Waals surface area contributed by atoms with E-state index in [1.807, 2.05) is 13.8 Å². The molecule has 0 radical (unpaired) electrons. The van der Waals surface area contributed by atoms with E-state index in [2.05, 4.69) is 6.58 Å². The predicted molar refractivity (Wildman–Crippen MR) is 53.1 cm³/mol. The lowest BCUT2D eigenvalue weighted by molar-refractivity contribution is -0.112. The van der Waals surface area contributed by atoms with E-state index in [0.717, 1.165) is 19.3 Å². The Balaban J connectivity index is 3.64. The Hall–Kier alpha value is -0.850. The first-order valence-corrected chi connectivity index (χ1v) is 4.34. The third-order valence-corrected chi connectivity index (χ3v) is 1.62. The van der Waals surface area contributed by atoms with Gasteiger partial charge in [0.2, 0.25) is 0 Å². The third kappa shape index (κ3) is 7.26. The number of allylic oxidation sites excluding steroid dienone is 3. The van der Waals surface area contributed by atoms with Crippen LogP contribution in [0.3, 0.4) is 0 Å². The van der Waals surface area contributed by atoms with Crippen LogP contribution in [0.25, 0.3) is 0 Å². The molecule has 0 aliphatic carbocycles. The summed E-state index contributed by atoms with van der Waals surface area (Å²) in [4.78, 5) is 10.7. The van der Waals surface area contributed by atoms with Crippen molar-refractivity contribution in [2.45, 2.75) is 40.0 Å². The molecule has 0 spiro atoms. The van der Waals surface area contributed by atoms with Crippen molar-refractivity contribution in [3.63, 3.8) is 0 Å². The quantitative estimate of drug-likeness (QED) is 0.452. The summed E-state index contributed by atoms with van der Waals surface area (Å²) in [6, 6.07) is 0. The van der Waals surface area contributed by atoms with Crippen molar-refractivity contribution in [3.05, 3.63) is 23.8 Å². The van der Waals surface area contributed by atoms with Crippen LogP contribution in [0.15, 0.2) is 23.8 Å². The van der Waals surface area contributed by atoms with Gasteiger partial charge in [-0.3, -0.25) is 4.79 Å². The van der Waals surface area contributed by atoms with Crippen molar-refractivity contribution >= 4 is 5.78 Å². The Morgan fingerprint density at radius 1 is 1.25 bits per heavy atom.